The summed E-state index contributed by atoms with van der Waals surface area (Å²) in [5.41, 5.74) is 0.867. The fourth-order valence-corrected chi connectivity index (χ4v) is 2.15. The Kier molecular flexibility index (Phi) is 1.85. The van der Waals surface area contributed by atoms with Gasteiger partial charge in [0.25, 0.3) is 0 Å². The van der Waals surface area contributed by atoms with Crippen molar-refractivity contribution in [2.75, 3.05) is 0 Å². The molecular formula is C10H4N2OS. The highest BCUT2D eigenvalue weighted by atomic mass is 32.1. The molecule has 0 saturated carbocycles. The maximum atomic E-state index is 9.27. The third-order valence-electron chi connectivity index (χ3n) is 1.87. The summed E-state index contributed by atoms with van der Waals surface area (Å²) in [6.45, 7) is 0. The van der Waals surface area contributed by atoms with E-state index in [0.717, 1.165) is 16.0 Å². The maximum Gasteiger partial charge on any atom is 0.172 e. The van der Waals surface area contributed by atoms with E-state index in [1.807, 2.05) is 12.1 Å². The highest BCUT2D eigenvalue weighted by molar-refractivity contribution is 7.20. The molecule has 2 rings (SSSR count). The van der Waals surface area contributed by atoms with Gasteiger partial charge in [0.1, 0.15) is 0 Å². The standard InChI is InChI=1S/C10H4N2OS/c11-4-6-1-7(5-12)8-3-10(13)14-9(8)2-6/h1-3,13H. The minimum Gasteiger partial charge on any atom is -0.499 e. The molecule has 0 radical (unpaired) electrons. The molecule has 0 spiro atoms. The van der Waals surface area contributed by atoms with E-state index in [-0.39, 0.29) is 5.06 Å². The smallest absolute Gasteiger partial charge is 0.172 e. The molecule has 1 aromatic heterocycles. The van der Waals surface area contributed by atoms with Gasteiger partial charge in [0.15, 0.2) is 5.06 Å². The summed E-state index contributed by atoms with van der Waals surface area (Å²) in [5, 5.41) is 27.7. The van der Waals surface area contributed by atoms with Gasteiger partial charge in [-0.2, -0.15) is 10.5 Å². The van der Waals surface area contributed by atoms with Gasteiger partial charge in [-0.25, -0.2) is 0 Å². The van der Waals surface area contributed by atoms with E-state index in [1.165, 1.54) is 6.07 Å². The molecule has 3 nitrogen and oxygen atoms in total. The summed E-state index contributed by atoms with van der Waals surface area (Å²) in [6.07, 6.45) is 0. The van der Waals surface area contributed by atoms with E-state index in [4.69, 9.17) is 10.5 Å². The van der Waals surface area contributed by atoms with Gasteiger partial charge < -0.3 is 5.11 Å². The number of nitrogens with zero attached hydrogens (tertiary/aromatic N) is 2. The lowest BCUT2D eigenvalue weighted by molar-refractivity contribution is 0.491. The first kappa shape index (κ1) is 8.55. The molecular weight excluding hydrogens is 196 g/mol. The van der Waals surface area contributed by atoms with Crippen molar-refractivity contribution in [3.8, 4) is 17.2 Å². The number of hydrogen-bond acceptors (Lipinski definition) is 4. The molecule has 0 aliphatic carbocycles. The molecule has 1 heterocycles. The Morgan fingerprint density at radius 3 is 2.57 bits per heavy atom. The van der Waals surface area contributed by atoms with E-state index in [1.54, 1.807) is 12.1 Å². The van der Waals surface area contributed by atoms with Crippen LogP contribution in [0.5, 0.6) is 5.06 Å². The predicted octanol–water partition coefficient (Wildman–Crippen LogP) is 2.35. The summed E-state index contributed by atoms with van der Waals surface area (Å²) in [7, 11) is 0. The second kappa shape index (κ2) is 3.02. The van der Waals surface area contributed by atoms with Crippen molar-refractivity contribution < 1.29 is 5.11 Å². The molecule has 0 amide bonds. The highest BCUT2D eigenvalue weighted by Crippen LogP contribution is 2.33. The van der Waals surface area contributed by atoms with Crippen LogP contribution in [0.4, 0.5) is 0 Å². The monoisotopic (exact) mass is 200 g/mol. The zero-order valence-electron chi connectivity index (χ0n) is 6.98. The first-order valence-corrected chi connectivity index (χ1v) is 4.63. The molecule has 1 N–H and O–H groups in total. The third kappa shape index (κ3) is 1.19. The molecule has 0 saturated heterocycles. The maximum absolute atomic E-state index is 9.27. The Balaban J connectivity index is 2.89. The van der Waals surface area contributed by atoms with E-state index in [2.05, 4.69) is 0 Å². The molecule has 0 unspecified atom stereocenters. The third-order valence-corrected chi connectivity index (χ3v) is 2.76. The number of benzene rings is 1. The lowest BCUT2D eigenvalue weighted by Crippen LogP contribution is -1.79. The Hall–Kier alpha value is -2.04. The molecule has 0 bridgehead atoms. The fraction of sp³-hybridized carbons (Fsp3) is 0. The molecule has 0 fully saturated rings. The fourth-order valence-electron chi connectivity index (χ4n) is 1.28. The summed E-state index contributed by atoms with van der Waals surface area (Å²) in [5.74, 6) is 0. The predicted molar refractivity (Wildman–Crippen MR) is 52.9 cm³/mol. The first-order valence-electron chi connectivity index (χ1n) is 3.81. The van der Waals surface area contributed by atoms with Crippen LogP contribution in [0, 0.1) is 22.7 Å². The first-order chi connectivity index (χ1) is 6.74. The van der Waals surface area contributed by atoms with Crippen LogP contribution in [0.25, 0.3) is 10.1 Å². The van der Waals surface area contributed by atoms with Crippen molar-refractivity contribution in [3.05, 3.63) is 29.3 Å². The van der Waals surface area contributed by atoms with Crippen LogP contribution in [-0.4, -0.2) is 5.11 Å². The molecule has 4 heteroatoms. The van der Waals surface area contributed by atoms with Gasteiger partial charge in [0.2, 0.25) is 0 Å². The largest absolute Gasteiger partial charge is 0.499 e. The van der Waals surface area contributed by atoms with E-state index >= 15 is 0 Å². The van der Waals surface area contributed by atoms with Crippen molar-refractivity contribution in [3.63, 3.8) is 0 Å². The summed E-state index contributed by atoms with van der Waals surface area (Å²) in [4.78, 5) is 0. The second-order valence-corrected chi connectivity index (χ2v) is 3.81. The van der Waals surface area contributed by atoms with Crippen LogP contribution in [-0.2, 0) is 0 Å². The molecule has 14 heavy (non-hydrogen) atoms. The number of fused-ring (bicyclic) bond motifs is 1. The summed E-state index contributed by atoms with van der Waals surface area (Å²) < 4.78 is 0.762. The molecule has 66 valence electrons. The van der Waals surface area contributed by atoms with E-state index < -0.39 is 0 Å². The van der Waals surface area contributed by atoms with Gasteiger partial charge >= 0.3 is 0 Å². The average Bonchev–Trinajstić information content (AvgIpc) is 2.56. The van der Waals surface area contributed by atoms with Gasteiger partial charge in [0.05, 0.1) is 23.3 Å². The second-order valence-electron chi connectivity index (χ2n) is 2.74. The Labute approximate surface area is 84.1 Å². The SMILES string of the molecule is N#Cc1cc(C#N)c2cc(O)sc2c1. The summed E-state index contributed by atoms with van der Waals surface area (Å²) >= 11 is 1.16. The molecule has 0 aliphatic heterocycles. The molecule has 0 aliphatic rings. The quantitative estimate of drug-likeness (QED) is 0.709. The summed E-state index contributed by atoms with van der Waals surface area (Å²) in [6, 6.07) is 8.71. The zero-order chi connectivity index (χ0) is 10.1. The van der Waals surface area contributed by atoms with Crippen LogP contribution in [0.2, 0.25) is 0 Å². The Morgan fingerprint density at radius 2 is 1.93 bits per heavy atom. The Morgan fingerprint density at radius 1 is 1.14 bits per heavy atom. The molecule has 2 aromatic rings. The topological polar surface area (TPSA) is 67.8 Å². The van der Waals surface area contributed by atoms with Crippen LogP contribution in [0.3, 0.4) is 0 Å². The van der Waals surface area contributed by atoms with Gasteiger partial charge in [-0.05, 0) is 12.1 Å². The lowest BCUT2D eigenvalue weighted by Gasteiger charge is -1.93. The van der Waals surface area contributed by atoms with Crippen molar-refractivity contribution in [1.82, 2.24) is 0 Å². The van der Waals surface area contributed by atoms with Gasteiger partial charge in [-0.3, -0.25) is 0 Å². The number of aromatic hydroxyl groups is 1. The van der Waals surface area contributed by atoms with E-state index in [0.29, 0.717) is 16.5 Å². The zero-order valence-corrected chi connectivity index (χ0v) is 7.80. The van der Waals surface area contributed by atoms with Crippen molar-refractivity contribution in [2.24, 2.45) is 0 Å². The molecule has 0 atom stereocenters. The normalized spacial score (nSPS) is 9.57. The number of rotatable bonds is 0. The van der Waals surface area contributed by atoms with Crippen LogP contribution >= 0.6 is 11.3 Å². The van der Waals surface area contributed by atoms with Crippen molar-refractivity contribution in [1.29, 1.82) is 10.5 Å². The van der Waals surface area contributed by atoms with Crippen LogP contribution in [0.1, 0.15) is 11.1 Å². The van der Waals surface area contributed by atoms with Gasteiger partial charge in [0, 0.05) is 16.2 Å². The number of hydrogen-bond donors (Lipinski definition) is 1. The molecule has 1 aromatic carbocycles. The van der Waals surface area contributed by atoms with Gasteiger partial charge in [-0.15, -0.1) is 0 Å². The minimum absolute atomic E-state index is 0.159. The van der Waals surface area contributed by atoms with E-state index in [9.17, 15) is 5.11 Å². The Bertz CT molecular complexity index is 586. The van der Waals surface area contributed by atoms with Crippen molar-refractivity contribution >= 4 is 21.4 Å². The number of nitriles is 2. The van der Waals surface area contributed by atoms with Crippen LogP contribution < -0.4 is 0 Å². The van der Waals surface area contributed by atoms with Crippen LogP contribution in [0.15, 0.2) is 18.2 Å². The highest BCUT2D eigenvalue weighted by Gasteiger charge is 2.07. The lowest BCUT2D eigenvalue weighted by atomic mass is 10.1. The minimum atomic E-state index is 0.159. The van der Waals surface area contributed by atoms with Gasteiger partial charge in [-0.1, -0.05) is 11.3 Å². The van der Waals surface area contributed by atoms with Crippen molar-refractivity contribution in [2.45, 2.75) is 0 Å². The average molecular weight is 200 g/mol. The number of thiophene rings is 1.